The number of carbonyl (C=O) groups excluding carboxylic acids is 2. The lowest BCUT2D eigenvalue weighted by Gasteiger charge is -2.19. The van der Waals surface area contributed by atoms with Crippen molar-refractivity contribution in [3.8, 4) is 0 Å². The maximum atomic E-state index is 11.5. The van der Waals surface area contributed by atoms with Crippen molar-refractivity contribution in [3.63, 3.8) is 0 Å². The van der Waals surface area contributed by atoms with Crippen molar-refractivity contribution in [2.24, 2.45) is 0 Å². The van der Waals surface area contributed by atoms with Gasteiger partial charge in [-0.2, -0.15) is 11.8 Å². The Morgan fingerprint density at radius 2 is 2.11 bits per heavy atom. The first kappa shape index (κ1) is 13.0. The highest BCUT2D eigenvalue weighted by Gasteiger charge is 2.26. The highest BCUT2D eigenvalue weighted by Crippen LogP contribution is 2.17. The molecule has 5 heteroatoms. The highest BCUT2D eigenvalue weighted by molar-refractivity contribution is 7.99. The summed E-state index contributed by atoms with van der Waals surface area (Å²) in [5.74, 6) is 1.31. The molecule has 18 heavy (non-hydrogen) atoms. The van der Waals surface area contributed by atoms with Gasteiger partial charge in [-0.1, -0.05) is 30.3 Å². The van der Waals surface area contributed by atoms with Gasteiger partial charge < -0.3 is 9.47 Å². The fourth-order valence-corrected chi connectivity index (χ4v) is 2.56. The van der Waals surface area contributed by atoms with Crippen LogP contribution in [-0.4, -0.2) is 29.5 Å². The molecule has 1 atom stereocenters. The highest BCUT2D eigenvalue weighted by atomic mass is 32.2. The molecule has 0 N–H and O–H groups in total. The number of Topliss-reactive ketones (excluding diaryl/α,β-unsaturated/α-hetero) is 1. The predicted octanol–water partition coefficient (Wildman–Crippen LogP) is 2.41. The maximum absolute atomic E-state index is 11.5. The Balaban J connectivity index is 1.76. The molecule has 0 aliphatic carbocycles. The Labute approximate surface area is 110 Å². The van der Waals surface area contributed by atoms with Gasteiger partial charge in [0.15, 0.2) is 11.9 Å². The molecule has 0 radical (unpaired) electrons. The summed E-state index contributed by atoms with van der Waals surface area (Å²) in [5.41, 5.74) is 0.888. The minimum absolute atomic E-state index is 0.0228. The summed E-state index contributed by atoms with van der Waals surface area (Å²) in [5, 5.41) is 0. The van der Waals surface area contributed by atoms with E-state index in [1.807, 2.05) is 30.3 Å². The monoisotopic (exact) mass is 266 g/mol. The van der Waals surface area contributed by atoms with Crippen LogP contribution >= 0.6 is 11.8 Å². The van der Waals surface area contributed by atoms with Crippen LogP contribution in [0.2, 0.25) is 0 Å². The Morgan fingerprint density at radius 3 is 2.83 bits per heavy atom. The Hall–Kier alpha value is -1.49. The Kier molecular flexibility index (Phi) is 4.64. The second-order valence-corrected chi connectivity index (χ2v) is 5.07. The van der Waals surface area contributed by atoms with E-state index in [0.29, 0.717) is 12.2 Å². The largest absolute Gasteiger partial charge is 0.509 e. The zero-order valence-electron chi connectivity index (χ0n) is 9.83. The zero-order chi connectivity index (χ0) is 12.8. The number of hydrogen-bond donors (Lipinski definition) is 0. The molecular formula is C13H14O4S. The van der Waals surface area contributed by atoms with Crippen molar-refractivity contribution < 1.29 is 19.1 Å². The summed E-state index contributed by atoms with van der Waals surface area (Å²) in [4.78, 5) is 22.9. The van der Waals surface area contributed by atoms with E-state index in [-0.39, 0.29) is 12.4 Å². The quantitative estimate of drug-likeness (QED) is 0.786. The van der Waals surface area contributed by atoms with E-state index >= 15 is 0 Å². The molecule has 1 fully saturated rings. The maximum Gasteiger partial charge on any atom is 0.509 e. The average Bonchev–Trinajstić information content (AvgIpc) is 2.40. The lowest BCUT2D eigenvalue weighted by atomic mass is 10.2. The lowest BCUT2D eigenvalue weighted by Crippen LogP contribution is -2.33. The first-order valence-corrected chi connectivity index (χ1v) is 6.89. The van der Waals surface area contributed by atoms with Gasteiger partial charge >= 0.3 is 6.16 Å². The number of benzene rings is 1. The number of thioether (sulfide) groups is 1. The normalized spacial score (nSPS) is 19.3. The summed E-state index contributed by atoms with van der Waals surface area (Å²) >= 11 is 1.61. The summed E-state index contributed by atoms with van der Waals surface area (Å²) in [7, 11) is 0. The Bertz CT molecular complexity index is 418. The summed E-state index contributed by atoms with van der Waals surface area (Å²) < 4.78 is 9.95. The fraction of sp³-hybridized carbons (Fsp3) is 0.385. The molecule has 1 aliphatic heterocycles. The lowest BCUT2D eigenvalue weighted by molar-refractivity contribution is -0.127. The third-order valence-corrected chi connectivity index (χ3v) is 3.59. The number of hydrogen-bond acceptors (Lipinski definition) is 5. The standard InChI is InChI=1S/C13H14O4S/c14-11-6-7-18-9-12(11)17-13(15)16-8-10-4-2-1-3-5-10/h1-5,12H,6-9H2. The summed E-state index contributed by atoms with van der Waals surface area (Å²) in [6, 6.07) is 9.33. The molecule has 4 nitrogen and oxygen atoms in total. The molecule has 1 heterocycles. The van der Waals surface area contributed by atoms with Crippen LogP contribution in [0.15, 0.2) is 30.3 Å². The molecular weight excluding hydrogens is 252 g/mol. The van der Waals surface area contributed by atoms with E-state index < -0.39 is 12.3 Å². The number of carbonyl (C=O) groups is 2. The molecule has 96 valence electrons. The molecule has 1 unspecified atom stereocenters. The van der Waals surface area contributed by atoms with Gasteiger partial charge in [-0.05, 0) is 5.56 Å². The van der Waals surface area contributed by atoms with Crippen LogP contribution in [0.1, 0.15) is 12.0 Å². The number of ketones is 1. The first-order valence-electron chi connectivity index (χ1n) is 5.73. The van der Waals surface area contributed by atoms with Gasteiger partial charge in [0.1, 0.15) is 6.61 Å². The SMILES string of the molecule is O=C(OCc1ccccc1)OC1CSCCC1=O. The van der Waals surface area contributed by atoms with E-state index in [1.165, 1.54) is 0 Å². The van der Waals surface area contributed by atoms with Gasteiger partial charge in [-0.15, -0.1) is 0 Å². The van der Waals surface area contributed by atoms with Crippen LogP contribution < -0.4 is 0 Å². The Morgan fingerprint density at radius 1 is 1.33 bits per heavy atom. The first-order chi connectivity index (χ1) is 8.75. The number of ether oxygens (including phenoxy) is 2. The molecule has 1 saturated heterocycles. The van der Waals surface area contributed by atoms with Gasteiger partial charge in [0.25, 0.3) is 0 Å². The molecule has 0 aromatic heterocycles. The van der Waals surface area contributed by atoms with E-state index in [9.17, 15) is 9.59 Å². The van der Waals surface area contributed by atoms with E-state index in [0.717, 1.165) is 11.3 Å². The van der Waals surface area contributed by atoms with Gasteiger partial charge in [0, 0.05) is 17.9 Å². The van der Waals surface area contributed by atoms with Crippen LogP contribution in [0.4, 0.5) is 4.79 Å². The third kappa shape index (κ3) is 3.77. The molecule has 1 aliphatic rings. The average molecular weight is 266 g/mol. The molecule has 1 aromatic carbocycles. The van der Waals surface area contributed by atoms with Crippen molar-refractivity contribution in [2.45, 2.75) is 19.1 Å². The molecule has 0 saturated carbocycles. The van der Waals surface area contributed by atoms with Crippen LogP contribution in [0.25, 0.3) is 0 Å². The van der Waals surface area contributed by atoms with Gasteiger partial charge in [0.2, 0.25) is 0 Å². The van der Waals surface area contributed by atoms with E-state index in [4.69, 9.17) is 9.47 Å². The smallest absolute Gasteiger partial charge is 0.429 e. The van der Waals surface area contributed by atoms with E-state index in [2.05, 4.69) is 0 Å². The zero-order valence-corrected chi connectivity index (χ0v) is 10.7. The van der Waals surface area contributed by atoms with Crippen molar-refractivity contribution in [2.75, 3.05) is 11.5 Å². The van der Waals surface area contributed by atoms with Gasteiger partial charge in [-0.25, -0.2) is 4.79 Å². The second kappa shape index (κ2) is 6.44. The molecule has 0 spiro atoms. The molecule has 1 aromatic rings. The fourth-order valence-electron chi connectivity index (χ4n) is 1.58. The van der Waals surface area contributed by atoms with Gasteiger partial charge in [-0.3, -0.25) is 4.79 Å². The molecule has 0 amide bonds. The summed E-state index contributed by atoms with van der Waals surface area (Å²) in [6.45, 7) is 0.160. The van der Waals surface area contributed by atoms with Crippen molar-refractivity contribution in [1.29, 1.82) is 0 Å². The minimum Gasteiger partial charge on any atom is -0.429 e. The van der Waals surface area contributed by atoms with Crippen LogP contribution in [-0.2, 0) is 20.9 Å². The number of rotatable bonds is 3. The summed E-state index contributed by atoms with van der Waals surface area (Å²) in [6.07, 6.45) is -0.965. The molecule has 2 rings (SSSR count). The van der Waals surface area contributed by atoms with Crippen LogP contribution in [0.3, 0.4) is 0 Å². The van der Waals surface area contributed by atoms with Crippen molar-refractivity contribution in [3.05, 3.63) is 35.9 Å². The van der Waals surface area contributed by atoms with Crippen LogP contribution in [0, 0.1) is 0 Å². The van der Waals surface area contributed by atoms with Crippen molar-refractivity contribution >= 4 is 23.7 Å². The van der Waals surface area contributed by atoms with Crippen molar-refractivity contribution in [1.82, 2.24) is 0 Å². The van der Waals surface area contributed by atoms with Crippen LogP contribution in [0.5, 0.6) is 0 Å². The van der Waals surface area contributed by atoms with Gasteiger partial charge in [0.05, 0.1) is 0 Å². The topological polar surface area (TPSA) is 52.6 Å². The third-order valence-electron chi connectivity index (χ3n) is 2.56. The minimum atomic E-state index is -0.778. The predicted molar refractivity (Wildman–Crippen MR) is 68.4 cm³/mol. The second-order valence-electron chi connectivity index (χ2n) is 3.92. The van der Waals surface area contributed by atoms with E-state index in [1.54, 1.807) is 11.8 Å². The molecule has 0 bridgehead atoms.